The Morgan fingerprint density at radius 3 is 2.28 bits per heavy atom. The van der Waals surface area contributed by atoms with Crippen LogP contribution in [0.3, 0.4) is 0 Å². The van der Waals surface area contributed by atoms with Crippen molar-refractivity contribution in [3.63, 3.8) is 0 Å². The number of rotatable bonds is 10. The standard InChI is InChI=1S/C30H52N8O/c1-7-20(2)25(17-38-18-29(3,4)37-30(5,6)26(38)39)35-28-33-19-32-27(36-28)34-24-14-10-22(11-15-24)16-21-8-12-23(31)13-9-21/h20-25,31,37H,7-18H2,1-6H3,(H2,32,33,34,35,36). The van der Waals surface area contributed by atoms with Crippen LogP contribution in [0.25, 0.3) is 0 Å². The van der Waals surface area contributed by atoms with Gasteiger partial charge < -0.3 is 15.5 Å². The van der Waals surface area contributed by atoms with Crippen molar-refractivity contribution in [3.8, 4) is 0 Å². The fourth-order valence-corrected chi connectivity index (χ4v) is 7.08. The largest absolute Gasteiger partial charge is 0.351 e. The van der Waals surface area contributed by atoms with Gasteiger partial charge in [-0.2, -0.15) is 15.0 Å². The van der Waals surface area contributed by atoms with Crippen LogP contribution in [0.4, 0.5) is 11.9 Å². The van der Waals surface area contributed by atoms with Gasteiger partial charge in [-0.3, -0.25) is 15.8 Å². The van der Waals surface area contributed by atoms with Gasteiger partial charge in [0, 0.05) is 36.8 Å². The van der Waals surface area contributed by atoms with Crippen LogP contribution < -0.4 is 21.7 Å². The summed E-state index contributed by atoms with van der Waals surface area (Å²) in [5, 5.41) is 10.6. The summed E-state index contributed by atoms with van der Waals surface area (Å²) >= 11 is 0. The van der Waals surface area contributed by atoms with E-state index < -0.39 is 5.54 Å². The number of hydrogen-bond donors (Lipinski definition) is 3. The van der Waals surface area contributed by atoms with Crippen molar-refractivity contribution in [2.45, 2.75) is 135 Å². The quantitative estimate of drug-likeness (QED) is 0.394. The van der Waals surface area contributed by atoms with Crippen LogP contribution in [0.1, 0.15) is 106 Å². The maximum absolute atomic E-state index is 13.2. The average Bonchev–Trinajstić information content (AvgIpc) is 2.88. The smallest absolute Gasteiger partial charge is 0.242 e. The maximum Gasteiger partial charge on any atom is 0.242 e. The van der Waals surface area contributed by atoms with E-state index in [0.29, 0.717) is 36.9 Å². The van der Waals surface area contributed by atoms with Crippen LogP contribution >= 0.6 is 0 Å². The first kappa shape index (κ1) is 30.0. The molecule has 1 aliphatic heterocycles. The van der Waals surface area contributed by atoms with E-state index in [2.05, 4.69) is 59.9 Å². The summed E-state index contributed by atoms with van der Waals surface area (Å²) in [5.41, 5.74) is 7.19. The summed E-state index contributed by atoms with van der Waals surface area (Å²) in [6.07, 6.45) is 14.6. The summed E-state index contributed by atoms with van der Waals surface area (Å²) in [6.45, 7) is 13.9. The number of hydrogen-bond acceptors (Lipinski definition) is 7. The molecule has 1 amide bonds. The van der Waals surface area contributed by atoms with E-state index in [4.69, 9.17) is 10.7 Å². The molecule has 2 heterocycles. The van der Waals surface area contributed by atoms with Gasteiger partial charge in [0.1, 0.15) is 0 Å². The molecule has 0 aromatic carbocycles. The normalized spacial score (nSPS) is 30.4. The lowest BCUT2D eigenvalue weighted by atomic mass is 9.76. The Hall–Kier alpha value is -2.00. The molecular formula is C30H52N8O. The predicted octanol–water partition coefficient (Wildman–Crippen LogP) is 4.69. The number of amides is 1. The van der Waals surface area contributed by atoms with Gasteiger partial charge in [0.25, 0.3) is 0 Å². The zero-order valence-corrected chi connectivity index (χ0v) is 25.1. The second kappa shape index (κ2) is 12.7. The minimum absolute atomic E-state index is 0.0212. The molecule has 3 aliphatic rings. The van der Waals surface area contributed by atoms with Gasteiger partial charge in [-0.05, 0) is 103 Å². The maximum atomic E-state index is 13.2. The van der Waals surface area contributed by atoms with E-state index in [-0.39, 0.29) is 23.5 Å². The van der Waals surface area contributed by atoms with Gasteiger partial charge in [0.05, 0.1) is 5.54 Å². The van der Waals surface area contributed by atoms with Gasteiger partial charge in [-0.15, -0.1) is 0 Å². The van der Waals surface area contributed by atoms with E-state index in [1.807, 2.05) is 18.7 Å². The highest BCUT2D eigenvalue weighted by atomic mass is 16.2. The van der Waals surface area contributed by atoms with Crippen molar-refractivity contribution >= 4 is 17.8 Å². The SMILES string of the molecule is CCC(C)C(CN1CC(C)(C)NC(C)(C)C1=O)Nc1n[c]nc(NC2CCC(CC3CCC([NH])CC3)CC2)n1. The van der Waals surface area contributed by atoms with Crippen molar-refractivity contribution in [1.29, 1.82) is 0 Å². The van der Waals surface area contributed by atoms with Crippen LogP contribution in [0.2, 0.25) is 0 Å². The molecular weight excluding hydrogens is 488 g/mol. The molecule has 1 aromatic heterocycles. The Morgan fingerprint density at radius 2 is 1.64 bits per heavy atom. The predicted molar refractivity (Wildman–Crippen MR) is 156 cm³/mol. The Labute approximate surface area is 236 Å². The van der Waals surface area contributed by atoms with Gasteiger partial charge in [0.15, 0.2) is 0 Å². The molecule has 2 saturated carbocycles. The van der Waals surface area contributed by atoms with Crippen molar-refractivity contribution in [2.75, 3.05) is 23.7 Å². The van der Waals surface area contributed by atoms with Gasteiger partial charge in [-0.25, -0.2) is 0 Å². The molecule has 2 atom stereocenters. The first-order chi connectivity index (χ1) is 18.4. The molecule has 4 N–H and O–H groups in total. The van der Waals surface area contributed by atoms with Gasteiger partial charge in [-0.1, -0.05) is 20.3 Å². The lowest BCUT2D eigenvalue weighted by molar-refractivity contribution is -0.143. The fraction of sp³-hybridized carbons (Fsp3) is 0.867. The Balaban J connectivity index is 1.32. The third-order valence-electron chi connectivity index (χ3n) is 9.34. The zero-order valence-electron chi connectivity index (χ0n) is 25.1. The molecule has 2 radical (unpaired) electrons. The number of nitrogens with zero attached hydrogens (tertiary/aromatic N) is 4. The van der Waals surface area contributed by atoms with Crippen molar-refractivity contribution in [2.24, 2.45) is 17.8 Å². The van der Waals surface area contributed by atoms with E-state index >= 15 is 0 Å². The minimum atomic E-state index is -0.597. The van der Waals surface area contributed by atoms with E-state index in [1.54, 1.807) is 0 Å². The first-order valence-electron chi connectivity index (χ1n) is 15.4. The Kier molecular flexibility index (Phi) is 9.74. The fourth-order valence-electron chi connectivity index (χ4n) is 7.08. The van der Waals surface area contributed by atoms with Crippen LogP contribution in [0.15, 0.2) is 0 Å². The number of aromatic nitrogens is 3. The highest BCUT2D eigenvalue weighted by molar-refractivity contribution is 5.86. The highest BCUT2D eigenvalue weighted by Gasteiger charge is 2.44. The average molecular weight is 541 g/mol. The molecule has 3 fully saturated rings. The van der Waals surface area contributed by atoms with Crippen LogP contribution in [-0.4, -0.2) is 68.1 Å². The summed E-state index contributed by atoms with van der Waals surface area (Å²) in [6, 6.07) is 0.581. The van der Waals surface area contributed by atoms with Crippen LogP contribution in [0.5, 0.6) is 0 Å². The number of anilines is 2. The molecule has 0 bridgehead atoms. The number of carbonyl (C=O) groups is 1. The number of nitrogens with one attached hydrogen (secondary N) is 4. The lowest BCUT2D eigenvalue weighted by Crippen LogP contribution is -2.70. The topological polar surface area (TPSA) is 119 Å². The molecule has 9 heteroatoms. The summed E-state index contributed by atoms with van der Waals surface area (Å²) in [7, 11) is 0. The minimum Gasteiger partial charge on any atom is -0.351 e. The summed E-state index contributed by atoms with van der Waals surface area (Å²) in [4.78, 5) is 28.5. The number of carbonyl (C=O) groups excluding carboxylic acids is 1. The summed E-state index contributed by atoms with van der Waals surface area (Å²) in [5.74, 6) is 3.20. The third kappa shape index (κ3) is 8.26. The molecule has 218 valence electrons. The van der Waals surface area contributed by atoms with E-state index in [1.165, 1.54) is 32.1 Å². The Bertz CT molecular complexity index is 937. The van der Waals surface area contributed by atoms with Crippen molar-refractivity contribution in [1.82, 2.24) is 30.9 Å². The summed E-state index contributed by atoms with van der Waals surface area (Å²) < 4.78 is 0. The van der Waals surface area contributed by atoms with Crippen LogP contribution in [-0.2, 0) is 4.79 Å². The molecule has 1 aromatic rings. The van der Waals surface area contributed by atoms with Crippen molar-refractivity contribution < 1.29 is 4.79 Å². The second-order valence-corrected chi connectivity index (χ2v) is 13.9. The van der Waals surface area contributed by atoms with Gasteiger partial charge in [0.2, 0.25) is 24.1 Å². The van der Waals surface area contributed by atoms with E-state index in [9.17, 15) is 4.79 Å². The lowest BCUT2D eigenvalue weighted by Gasteiger charge is -2.48. The second-order valence-electron chi connectivity index (χ2n) is 13.9. The van der Waals surface area contributed by atoms with Gasteiger partial charge >= 0.3 is 0 Å². The van der Waals surface area contributed by atoms with Crippen LogP contribution in [0, 0.1) is 24.1 Å². The molecule has 1 saturated heterocycles. The Morgan fingerprint density at radius 1 is 1.03 bits per heavy atom. The van der Waals surface area contributed by atoms with E-state index in [0.717, 1.165) is 43.9 Å². The molecule has 2 aliphatic carbocycles. The first-order valence-corrected chi connectivity index (χ1v) is 15.4. The zero-order chi connectivity index (χ0) is 28.2. The van der Waals surface area contributed by atoms with Crippen molar-refractivity contribution in [3.05, 3.63) is 6.33 Å². The third-order valence-corrected chi connectivity index (χ3v) is 9.34. The monoisotopic (exact) mass is 540 g/mol. The molecule has 4 rings (SSSR count). The molecule has 0 spiro atoms. The molecule has 39 heavy (non-hydrogen) atoms. The highest BCUT2D eigenvalue weighted by Crippen LogP contribution is 2.36. The molecule has 9 nitrogen and oxygen atoms in total. The molecule has 2 unspecified atom stereocenters. The number of piperazine rings is 1.